The maximum atomic E-state index is 3.78. The average molecular weight is 352 g/mol. The summed E-state index contributed by atoms with van der Waals surface area (Å²) in [6, 6.07) is 21.9. The SMILES string of the molecule is CCCCCCCCCCCCNC(c1ccccc1)c1ccccc1. The van der Waals surface area contributed by atoms with Crippen LogP contribution in [0.5, 0.6) is 0 Å². The molecular formula is C25H37N. The van der Waals surface area contributed by atoms with E-state index in [1.165, 1.54) is 75.3 Å². The van der Waals surface area contributed by atoms with Crippen LogP contribution in [0.4, 0.5) is 0 Å². The molecule has 1 heteroatoms. The van der Waals surface area contributed by atoms with Crippen LogP contribution in [0, 0.1) is 0 Å². The molecule has 0 unspecified atom stereocenters. The highest BCUT2D eigenvalue weighted by molar-refractivity contribution is 5.31. The molecule has 0 heterocycles. The van der Waals surface area contributed by atoms with E-state index in [-0.39, 0.29) is 0 Å². The molecule has 0 spiro atoms. The molecule has 2 aromatic rings. The van der Waals surface area contributed by atoms with Crippen LogP contribution in [0.15, 0.2) is 60.7 Å². The van der Waals surface area contributed by atoms with Gasteiger partial charge in [-0.1, -0.05) is 125 Å². The van der Waals surface area contributed by atoms with Crippen molar-refractivity contribution in [2.45, 2.75) is 77.2 Å². The van der Waals surface area contributed by atoms with Gasteiger partial charge < -0.3 is 5.32 Å². The molecule has 0 bridgehead atoms. The molecule has 0 aromatic heterocycles. The van der Waals surface area contributed by atoms with Crippen LogP contribution >= 0.6 is 0 Å². The standard InChI is InChI=1S/C25H37N/c1-2-3-4-5-6-7-8-9-10-17-22-26-25(23-18-13-11-14-19-23)24-20-15-12-16-21-24/h11-16,18-21,25-26H,2-10,17,22H2,1H3. The second-order valence-electron chi connectivity index (χ2n) is 7.39. The molecule has 0 aliphatic rings. The third-order valence-corrected chi connectivity index (χ3v) is 5.14. The quantitative estimate of drug-likeness (QED) is 0.352. The molecule has 26 heavy (non-hydrogen) atoms. The Kier molecular flexibility index (Phi) is 10.8. The fourth-order valence-electron chi connectivity index (χ4n) is 3.58. The van der Waals surface area contributed by atoms with Gasteiger partial charge in [-0.3, -0.25) is 0 Å². The predicted molar refractivity (Wildman–Crippen MR) is 115 cm³/mol. The molecule has 2 aromatic carbocycles. The maximum Gasteiger partial charge on any atom is 0.0576 e. The molecule has 0 radical (unpaired) electrons. The van der Waals surface area contributed by atoms with Crippen LogP contribution in [0.3, 0.4) is 0 Å². The van der Waals surface area contributed by atoms with Crippen LogP contribution in [-0.2, 0) is 0 Å². The number of unbranched alkanes of at least 4 members (excludes halogenated alkanes) is 9. The van der Waals surface area contributed by atoms with Crippen molar-refractivity contribution in [2.24, 2.45) is 0 Å². The molecule has 0 saturated heterocycles. The average Bonchev–Trinajstić information content (AvgIpc) is 2.70. The largest absolute Gasteiger partial charge is 0.306 e. The van der Waals surface area contributed by atoms with Crippen LogP contribution in [0.1, 0.15) is 88.3 Å². The minimum atomic E-state index is 0.302. The van der Waals surface area contributed by atoms with Crippen LogP contribution < -0.4 is 5.32 Å². The van der Waals surface area contributed by atoms with Gasteiger partial charge in [-0.05, 0) is 24.1 Å². The van der Waals surface area contributed by atoms with Crippen molar-refractivity contribution >= 4 is 0 Å². The minimum absolute atomic E-state index is 0.302. The summed E-state index contributed by atoms with van der Waals surface area (Å²) in [7, 11) is 0. The Morgan fingerprint density at radius 1 is 0.577 bits per heavy atom. The molecular weight excluding hydrogens is 314 g/mol. The number of hydrogen-bond donors (Lipinski definition) is 1. The monoisotopic (exact) mass is 351 g/mol. The lowest BCUT2D eigenvalue weighted by molar-refractivity contribution is 0.528. The number of benzene rings is 2. The third-order valence-electron chi connectivity index (χ3n) is 5.14. The zero-order valence-electron chi connectivity index (χ0n) is 16.6. The molecule has 1 N–H and O–H groups in total. The zero-order chi connectivity index (χ0) is 18.3. The Hall–Kier alpha value is -1.60. The van der Waals surface area contributed by atoms with Gasteiger partial charge in [-0.2, -0.15) is 0 Å². The summed E-state index contributed by atoms with van der Waals surface area (Å²) in [5.74, 6) is 0. The van der Waals surface area contributed by atoms with E-state index in [0.29, 0.717) is 6.04 Å². The molecule has 0 atom stereocenters. The summed E-state index contributed by atoms with van der Waals surface area (Å²) in [4.78, 5) is 0. The first kappa shape index (κ1) is 20.7. The van der Waals surface area contributed by atoms with Gasteiger partial charge in [0.1, 0.15) is 0 Å². The van der Waals surface area contributed by atoms with E-state index in [1.54, 1.807) is 0 Å². The summed E-state index contributed by atoms with van der Waals surface area (Å²) < 4.78 is 0. The van der Waals surface area contributed by atoms with Gasteiger partial charge in [0.2, 0.25) is 0 Å². The Labute approximate surface area is 161 Å². The molecule has 0 aliphatic heterocycles. The number of nitrogens with one attached hydrogen (secondary N) is 1. The van der Waals surface area contributed by atoms with Gasteiger partial charge in [0, 0.05) is 0 Å². The summed E-state index contributed by atoms with van der Waals surface area (Å²) >= 11 is 0. The lowest BCUT2D eigenvalue weighted by atomic mass is 9.98. The molecule has 0 fully saturated rings. The Balaban J connectivity index is 1.64. The van der Waals surface area contributed by atoms with E-state index in [1.807, 2.05) is 0 Å². The highest BCUT2D eigenvalue weighted by atomic mass is 14.9. The van der Waals surface area contributed by atoms with Crippen molar-refractivity contribution in [2.75, 3.05) is 6.54 Å². The fourth-order valence-corrected chi connectivity index (χ4v) is 3.58. The van der Waals surface area contributed by atoms with Gasteiger partial charge in [0.15, 0.2) is 0 Å². The minimum Gasteiger partial charge on any atom is -0.306 e. The van der Waals surface area contributed by atoms with Crippen LogP contribution in [0.25, 0.3) is 0 Å². The first-order valence-electron chi connectivity index (χ1n) is 10.7. The number of rotatable bonds is 14. The highest BCUT2D eigenvalue weighted by Gasteiger charge is 2.12. The highest BCUT2D eigenvalue weighted by Crippen LogP contribution is 2.21. The van der Waals surface area contributed by atoms with E-state index < -0.39 is 0 Å². The lowest BCUT2D eigenvalue weighted by Crippen LogP contribution is -2.23. The predicted octanol–water partition coefficient (Wildman–Crippen LogP) is 7.29. The Bertz CT molecular complexity index is 509. The molecule has 2 rings (SSSR count). The van der Waals surface area contributed by atoms with Gasteiger partial charge in [-0.25, -0.2) is 0 Å². The molecule has 142 valence electrons. The van der Waals surface area contributed by atoms with E-state index in [2.05, 4.69) is 72.9 Å². The Morgan fingerprint density at radius 2 is 1.00 bits per heavy atom. The lowest BCUT2D eigenvalue weighted by Gasteiger charge is -2.20. The topological polar surface area (TPSA) is 12.0 Å². The van der Waals surface area contributed by atoms with Crippen molar-refractivity contribution in [1.29, 1.82) is 0 Å². The maximum absolute atomic E-state index is 3.78. The van der Waals surface area contributed by atoms with Crippen molar-refractivity contribution in [3.05, 3.63) is 71.8 Å². The van der Waals surface area contributed by atoms with Crippen molar-refractivity contribution in [1.82, 2.24) is 5.32 Å². The summed E-state index contributed by atoms with van der Waals surface area (Å²) in [6.07, 6.45) is 13.9. The molecule has 0 aliphatic carbocycles. The van der Waals surface area contributed by atoms with Gasteiger partial charge in [-0.15, -0.1) is 0 Å². The van der Waals surface area contributed by atoms with Crippen molar-refractivity contribution < 1.29 is 0 Å². The third kappa shape index (κ3) is 8.19. The summed E-state index contributed by atoms with van der Waals surface area (Å²) in [5.41, 5.74) is 2.71. The smallest absolute Gasteiger partial charge is 0.0576 e. The van der Waals surface area contributed by atoms with Crippen molar-refractivity contribution in [3.8, 4) is 0 Å². The molecule has 0 amide bonds. The van der Waals surface area contributed by atoms with Crippen LogP contribution in [0.2, 0.25) is 0 Å². The first-order valence-corrected chi connectivity index (χ1v) is 10.7. The summed E-state index contributed by atoms with van der Waals surface area (Å²) in [6.45, 7) is 3.37. The van der Waals surface area contributed by atoms with Gasteiger partial charge in [0.25, 0.3) is 0 Å². The fraction of sp³-hybridized carbons (Fsp3) is 0.520. The van der Waals surface area contributed by atoms with E-state index in [9.17, 15) is 0 Å². The normalized spacial score (nSPS) is 11.2. The Morgan fingerprint density at radius 3 is 1.46 bits per heavy atom. The second-order valence-corrected chi connectivity index (χ2v) is 7.39. The molecule has 0 saturated carbocycles. The molecule has 1 nitrogen and oxygen atoms in total. The van der Waals surface area contributed by atoms with Gasteiger partial charge in [0.05, 0.1) is 6.04 Å². The van der Waals surface area contributed by atoms with E-state index in [0.717, 1.165) is 6.54 Å². The second kappa shape index (κ2) is 13.6. The zero-order valence-corrected chi connectivity index (χ0v) is 16.6. The van der Waals surface area contributed by atoms with Crippen LogP contribution in [-0.4, -0.2) is 6.54 Å². The van der Waals surface area contributed by atoms with Crippen molar-refractivity contribution in [3.63, 3.8) is 0 Å². The summed E-state index contributed by atoms with van der Waals surface area (Å²) in [5, 5.41) is 3.78. The van der Waals surface area contributed by atoms with E-state index >= 15 is 0 Å². The van der Waals surface area contributed by atoms with E-state index in [4.69, 9.17) is 0 Å². The van der Waals surface area contributed by atoms with Gasteiger partial charge >= 0.3 is 0 Å². The number of hydrogen-bond acceptors (Lipinski definition) is 1. The first-order chi connectivity index (χ1) is 12.9.